The Labute approximate surface area is 130 Å². The van der Waals surface area contributed by atoms with Crippen molar-refractivity contribution in [2.24, 2.45) is 5.73 Å². The normalized spacial score (nSPS) is 11.8. The number of hydrogen-bond acceptors (Lipinski definition) is 5. The standard InChI is InChI=1S/C12H12F2N4OS.ClH/c13-9(14)11-17-18-12(20-11)16-10(19)8(15)6-7-4-2-1-3-5-7;/h1-5,8-9H,6,15H2,(H,16,18,19);1H/t8-;/m0./s1. The Balaban J connectivity index is 0.00000220. The van der Waals surface area contributed by atoms with Gasteiger partial charge in [0.2, 0.25) is 11.0 Å². The fraction of sp³-hybridized carbons (Fsp3) is 0.250. The molecule has 2 aromatic rings. The highest BCUT2D eigenvalue weighted by atomic mass is 35.5. The maximum atomic E-state index is 12.3. The number of aromatic nitrogens is 2. The van der Waals surface area contributed by atoms with Crippen LogP contribution in [0, 0.1) is 0 Å². The molecule has 0 bridgehead atoms. The summed E-state index contributed by atoms with van der Waals surface area (Å²) in [6.07, 6.45) is -2.34. The molecule has 114 valence electrons. The number of carbonyl (C=O) groups excluding carboxylic acids is 1. The lowest BCUT2D eigenvalue weighted by molar-refractivity contribution is -0.117. The Bertz CT molecular complexity index is 582. The Hall–Kier alpha value is -1.64. The van der Waals surface area contributed by atoms with Crippen LogP contribution in [0.15, 0.2) is 30.3 Å². The van der Waals surface area contributed by atoms with Gasteiger partial charge in [0.25, 0.3) is 6.43 Å². The third kappa shape index (κ3) is 5.00. The lowest BCUT2D eigenvalue weighted by Gasteiger charge is -2.10. The number of halogens is 3. The molecule has 5 nitrogen and oxygen atoms in total. The fourth-order valence-corrected chi connectivity index (χ4v) is 2.13. The van der Waals surface area contributed by atoms with Gasteiger partial charge in [-0.2, -0.15) is 0 Å². The van der Waals surface area contributed by atoms with E-state index >= 15 is 0 Å². The molecule has 1 atom stereocenters. The van der Waals surface area contributed by atoms with Crippen molar-refractivity contribution in [1.82, 2.24) is 10.2 Å². The molecule has 21 heavy (non-hydrogen) atoms. The van der Waals surface area contributed by atoms with Gasteiger partial charge in [0.05, 0.1) is 6.04 Å². The van der Waals surface area contributed by atoms with Crippen molar-refractivity contribution < 1.29 is 13.6 Å². The summed E-state index contributed by atoms with van der Waals surface area (Å²) in [5.74, 6) is -0.481. The van der Waals surface area contributed by atoms with E-state index in [1.54, 1.807) is 0 Å². The zero-order valence-electron chi connectivity index (χ0n) is 10.7. The van der Waals surface area contributed by atoms with Gasteiger partial charge >= 0.3 is 0 Å². The van der Waals surface area contributed by atoms with Crippen molar-refractivity contribution >= 4 is 34.8 Å². The minimum Gasteiger partial charge on any atom is -0.320 e. The molecule has 1 amide bonds. The first-order chi connectivity index (χ1) is 9.56. The Morgan fingerprint density at radius 2 is 1.95 bits per heavy atom. The summed E-state index contributed by atoms with van der Waals surface area (Å²) in [4.78, 5) is 11.8. The molecule has 2 rings (SSSR count). The average molecular weight is 335 g/mol. The summed E-state index contributed by atoms with van der Waals surface area (Å²) in [6.45, 7) is 0. The predicted octanol–water partition coefficient (Wildman–Crippen LogP) is 2.41. The van der Waals surface area contributed by atoms with E-state index in [4.69, 9.17) is 5.73 Å². The number of nitrogens with two attached hydrogens (primary N) is 1. The van der Waals surface area contributed by atoms with Crippen molar-refractivity contribution in [3.63, 3.8) is 0 Å². The largest absolute Gasteiger partial charge is 0.320 e. The highest BCUT2D eigenvalue weighted by Crippen LogP contribution is 2.25. The fourth-order valence-electron chi connectivity index (χ4n) is 1.53. The summed E-state index contributed by atoms with van der Waals surface area (Å²) in [5, 5.41) is 8.72. The van der Waals surface area contributed by atoms with Crippen LogP contribution < -0.4 is 11.1 Å². The van der Waals surface area contributed by atoms with E-state index < -0.39 is 23.4 Å². The van der Waals surface area contributed by atoms with Crippen molar-refractivity contribution in [1.29, 1.82) is 0 Å². The Morgan fingerprint density at radius 3 is 2.52 bits per heavy atom. The molecule has 1 aromatic carbocycles. The number of benzene rings is 1. The summed E-state index contributed by atoms with van der Waals surface area (Å²) < 4.78 is 24.7. The van der Waals surface area contributed by atoms with Crippen LogP contribution >= 0.6 is 23.7 Å². The van der Waals surface area contributed by atoms with Gasteiger partial charge in [-0.15, -0.1) is 22.6 Å². The molecule has 0 fully saturated rings. The summed E-state index contributed by atoms with van der Waals surface area (Å²) in [5.41, 5.74) is 6.68. The number of nitrogens with zero attached hydrogens (tertiary/aromatic N) is 2. The molecule has 9 heteroatoms. The number of rotatable bonds is 5. The highest BCUT2D eigenvalue weighted by Gasteiger charge is 2.18. The highest BCUT2D eigenvalue weighted by molar-refractivity contribution is 7.15. The Kier molecular flexibility index (Phi) is 6.60. The van der Waals surface area contributed by atoms with E-state index in [-0.39, 0.29) is 17.5 Å². The van der Waals surface area contributed by atoms with Crippen LogP contribution in [0.3, 0.4) is 0 Å². The van der Waals surface area contributed by atoms with Gasteiger partial charge < -0.3 is 5.73 Å². The number of amides is 1. The first kappa shape index (κ1) is 17.4. The second-order valence-corrected chi connectivity index (χ2v) is 5.04. The zero-order chi connectivity index (χ0) is 14.5. The van der Waals surface area contributed by atoms with E-state index in [1.807, 2.05) is 30.3 Å². The van der Waals surface area contributed by atoms with E-state index in [1.165, 1.54) is 0 Å². The molecule has 1 heterocycles. The van der Waals surface area contributed by atoms with E-state index in [0.717, 1.165) is 5.56 Å². The van der Waals surface area contributed by atoms with E-state index in [9.17, 15) is 13.6 Å². The minimum atomic E-state index is -2.70. The van der Waals surface area contributed by atoms with Crippen molar-refractivity contribution in [3.8, 4) is 0 Å². The second kappa shape index (κ2) is 7.96. The monoisotopic (exact) mass is 334 g/mol. The number of hydrogen-bond donors (Lipinski definition) is 2. The molecule has 0 saturated carbocycles. The number of anilines is 1. The molecule has 0 spiro atoms. The van der Waals surface area contributed by atoms with Crippen LogP contribution in [0.5, 0.6) is 0 Å². The first-order valence-corrected chi connectivity index (χ1v) is 6.60. The Morgan fingerprint density at radius 1 is 1.29 bits per heavy atom. The van der Waals surface area contributed by atoms with Crippen LogP contribution in [0.4, 0.5) is 13.9 Å². The number of carbonyl (C=O) groups is 1. The third-order valence-electron chi connectivity index (χ3n) is 2.49. The quantitative estimate of drug-likeness (QED) is 0.879. The molecule has 0 unspecified atom stereocenters. The number of alkyl halides is 2. The lowest BCUT2D eigenvalue weighted by atomic mass is 10.1. The van der Waals surface area contributed by atoms with Gasteiger partial charge in [-0.1, -0.05) is 41.7 Å². The predicted molar refractivity (Wildman–Crippen MR) is 78.9 cm³/mol. The molecule has 0 aliphatic heterocycles. The maximum absolute atomic E-state index is 12.3. The molecule has 3 N–H and O–H groups in total. The van der Waals surface area contributed by atoms with Gasteiger partial charge in [-0.3, -0.25) is 10.1 Å². The lowest BCUT2D eigenvalue weighted by Crippen LogP contribution is -2.37. The minimum absolute atomic E-state index is 0. The van der Waals surface area contributed by atoms with Crippen molar-refractivity contribution in [2.75, 3.05) is 5.32 Å². The summed E-state index contributed by atoms with van der Waals surface area (Å²) in [7, 11) is 0. The second-order valence-electron chi connectivity index (χ2n) is 4.03. The maximum Gasteiger partial charge on any atom is 0.291 e. The van der Waals surface area contributed by atoms with Crippen molar-refractivity contribution in [3.05, 3.63) is 40.9 Å². The van der Waals surface area contributed by atoms with Gasteiger partial charge in [0.15, 0.2) is 5.01 Å². The molecule has 0 aliphatic carbocycles. The van der Waals surface area contributed by atoms with E-state index in [0.29, 0.717) is 17.8 Å². The molecule has 0 aliphatic rings. The first-order valence-electron chi connectivity index (χ1n) is 5.78. The van der Waals surface area contributed by atoms with Crippen LogP contribution in [0.1, 0.15) is 17.0 Å². The van der Waals surface area contributed by atoms with Crippen LogP contribution in [-0.2, 0) is 11.2 Å². The van der Waals surface area contributed by atoms with Crippen LogP contribution in [0.25, 0.3) is 0 Å². The smallest absolute Gasteiger partial charge is 0.291 e. The zero-order valence-corrected chi connectivity index (χ0v) is 12.3. The van der Waals surface area contributed by atoms with Crippen molar-refractivity contribution in [2.45, 2.75) is 18.9 Å². The SMILES string of the molecule is Cl.N[C@@H](Cc1ccccc1)C(=O)Nc1nnc(C(F)F)s1. The van der Waals surface area contributed by atoms with E-state index in [2.05, 4.69) is 15.5 Å². The van der Waals surface area contributed by atoms with Crippen LogP contribution in [-0.4, -0.2) is 22.1 Å². The van der Waals surface area contributed by atoms with Gasteiger partial charge in [-0.05, 0) is 12.0 Å². The summed E-state index contributed by atoms with van der Waals surface area (Å²) >= 11 is 0.633. The van der Waals surface area contributed by atoms with Gasteiger partial charge in [0, 0.05) is 0 Å². The summed E-state index contributed by atoms with van der Waals surface area (Å²) in [6, 6.07) is 8.48. The molecule has 0 saturated heterocycles. The molecule has 0 radical (unpaired) electrons. The van der Waals surface area contributed by atoms with Gasteiger partial charge in [0.1, 0.15) is 0 Å². The average Bonchev–Trinajstić information content (AvgIpc) is 2.88. The molecular formula is C12H13ClF2N4OS. The molecule has 1 aromatic heterocycles. The van der Waals surface area contributed by atoms with Gasteiger partial charge in [-0.25, -0.2) is 8.78 Å². The molecular weight excluding hydrogens is 322 g/mol. The van der Waals surface area contributed by atoms with Crippen LogP contribution in [0.2, 0.25) is 0 Å². The third-order valence-corrected chi connectivity index (χ3v) is 3.34. The number of nitrogens with one attached hydrogen (secondary N) is 1. The topological polar surface area (TPSA) is 80.9 Å².